The van der Waals surface area contributed by atoms with Crippen LogP contribution in [0.2, 0.25) is 0 Å². The standard InChI is InChI=1S/C21H26N4O2S/c1-5-18(23-15-8-10-25(11-9-15)14(2)26)17(13-22-3)21-24-19-12-16(27-4)6-7-20(19)28-21/h5-7,12-13,15,23H,3,8-11H2,1-2,4H3/b17-13+,18-5+. The number of aliphatic imine (C=N–C) groups is 1. The second-order valence-electron chi connectivity index (χ2n) is 6.71. The summed E-state index contributed by atoms with van der Waals surface area (Å²) in [5.74, 6) is 0.935. The van der Waals surface area contributed by atoms with E-state index in [1.54, 1.807) is 31.6 Å². The monoisotopic (exact) mass is 398 g/mol. The number of ether oxygens (including phenoxy) is 1. The predicted octanol–water partition coefficient (Wildman–Crippen LogP) is 3.85. The molecule has 0 spiro atoms. The molecular weight excluding hydrogens is 372 g/mol. The van der Waals surface area contributed by atoms with Gasteiger partial charge in [0.05, 0.1) is 22.9 Å². The molecule has 1 N–H and O–H groups in total. The van der Waals surface area contributed by atoms with Gasteiger partial charge in [-0.15, -0.1) is 11.3 Å². The predicted molar refractivity (Wildman–Crippen MR) is 116 cm³/mol. The fraction of sp³-hybridized carbons (Fsp3) is 0.381. The van der Waals surface area contributed by atoms with Crippen molar-refractivity contribution >= 4 is 39.8 Å². The highest BCUT2D eigenvalue weighted by Crippen LogP contribution is 2.32. The molecule has 0 atom stereocenters. The van der Waals surface area contributed by atoms with Crippen molar-refractivity contribution in [3.8, 4) is 5.75 Å². The summed E-state index contributed by atoms with van der Waals surface area (Å²) in [6.07, 6.45) is 5.63. The number of methoxy groups -OCH3 is 1. The number of allylic oxidation sites excluding steroid dienone is 2. The van der Waals surface area contributed by atoms with Crippen LogP contribution < -0.4 is 10.1 Å². The van der Waals surface area contributed by atoms with E-state index in [9.17, 15) is 4.79 Å². The third-order valence-corrected chi connectivity index (χ3v) is 5.99. The van der Waals surface area contributed by atoms with E-state index in [0.29, 0.717) is 6.04 Å². The highest BCUT2D eigenvalue weighted by molar-refractivity contribution is 7.19. The molecule has 1 saturated heterocycles. The topological polar surface area (TPSA) is 66.8 Å². The molecule has 1 aliphatic heterocycles. The van der Waals surface area contributed by atoms with Crippen molar-refractivity contribution in [1.29, 1.82) is 0 Å². The normalized spacial score (nSPS) is 16.3. The Morgan fingerprint density at radius 1 is 1.43 bits per heavy atom. The Bertz CT molecular complexity index is 924. The minimum absolute atomic E-state index is 0.144. The van der Waals surface area contributed by atoms with E-state index in [0.717, 1.165) is 58.2 Å². The number of nitrogens with zero attached hydrogens (tertiary/aromatic N) is 3. The lowest BCUT2D eigenvalue weighted by Crippen LogP contribution is -2.44. The molecule has 0 unspecified atom stereocenters. The van der Waals surface area contributed by atoms with Crippen LogP contribution in [0.4, 0.5) is 0 Å². The first kappa shape index (κ1) is 20.1. The molecule has 7 heteroatoms. The van der Waals surface area contributed by atoms with Crippen molar-refractivity contribution in [2.75, 3.05) is 20.2 Å². The highest BCUT2D eigenvalue weighted by Gasteiger charge is 2.22. The number of amides is 1. The van der Waals surface area contributed by atoms with E-state index in [-0.39, 0.29) is 5.91 Å². The van der Waals surface area contributed by atoms with Gasteiger partial charge >= 0.3 is 0 Å². The number of hydrogen-bond donors (Lipinski definition) is 1. The van der Waals surface area contributed by atoms with E-state index in [4.69, 9.17) is 9.72 Å². The smallest absolute Gasteiger partial charge is 0.219 e. The quantitative estimate of drug-likeness (QED) is 0.593. The summed E-state index contributed by atoms with van der Waals surface area (Å²) in [4.78, 5) is 22.2. The van der Waals surface area contributed by atoms with Crippen LogP contribution >= 0.6 is 11.3 Å². The number of aromatic nitrogens is 1. The summed E-state index contributed by atoms with van der Waals surface area (Å²) in [6, 6.07) is 6.21. The lowest BCUT2D eigenvalue weighted by atomic mass is 10.0. The van der Waals surface area contributed by atoms with Crippen LogP contribution in [0.1, 0.15) is 31.7 Å². The van der Waals surface area contributed by atoms with Gasteiger partial charge in [-0.25, -0.2) is 4.98 Å². The number of piperidine rings is 1. The molecule has 0 saturated carbocycles. The summed E-state index contributed by atoms with van der Waals surface area (Å²) >= 11 is 1.62. The second kappa shape index (κ2) is 9.01. The molecular formula is C21H26N4O2S. The Morgan fingerprint density at radius 3 is 2.79 bits per heavy atom. The van der Waals surface area contributed by atoms with Crippen LogP contribution in [-0.2, 0) is 4.79 Å². The first-order chi connectivity index (χ1) is 13.5. The first-order valence-electron chi connectivity index (χ1n) is 9.35. The molecule has 0 bridgehead atoms. The average molecular weight is 399 g/mol. The zero-order valence-corrected chi connectivity index (χ0v) is 17.4. The van der Waals surface area contributed by atoms with Crippen LogP contribution in [-0.4, -0.2) is 48.7 Å². The number of thiazole rings is 1. The number of hydrogen-bond acceptors (Lipinski definition) is 6. The van der Waals surface area contributed by atoms with Crippen LogP contribution in [0.15, 0.2) is 41.2 Å². The summed E-state index contributed by atoms with van der Waals surface area (Å²) in [7, 11) is 1.65. The summed E-state index contributed by atoms with van der Waals surface area (Å²) in [6.45, 7) is 8.82. The van der Waals surface area contributed by atoms with E-state index < -0.39 is 0 Å². The van der Waals surface area contributed by atoms with E-state index in [1.165, 1.54) is 0 Å². The third kappa shape index (κ3) is 4.42. The van der Waals surface area contributed by atoms with Gasteiger partial charge in [-0.1, -0.05) is 6.08 Å². The SMILES string of the molecule is C=N/C=C(\C(=C/C)NC1CCN(C(C)=O)CC1)c1nc2cc(OC)ccc2s1. The van der Waals surface area contributed by atoms with Gasteiger partial charge in [0.1, 0.15) is 10.8 Å². The number of rotatable bonds is 6. The molecule has 2 heterocycles. The largest absolute Gasteiger partial charge is 0.497 e. The maximum atomic E-state index is 11.5. The number of benzene rings is 1. The molecule has 2 aromatic rings. The number of likely N-dealkylation sites (tertiary alicyclic amines) is 1. The minimum Gasteiger partial charge on any atom is -0.497 e. The zero-order chi connectivity index (χ0) is 20.1. The van der Waals surface area contributed by atoms with Gasteiger partial charge in [-0.2, -0.15) is 0 Å². The Labute approximate surface area is 169 Å². The van der Waals surface area contributed by atoms with Gasteiger partial charge in [0, 0.05) is 44.0 Å². The van der Waals surface area contributed by atoms with Gasteiger partial charge < -0.3 is 15.0 Å². The van der Waals surface area contributed by atoms with E-state index >= 15 is 0 Å². The molecule has 1 fully saturated rings. The Morgan fingerprint density at radius 2 is 2.18 bits per heavy atom. The van der Waals surface area contributed by atoms with Crippen molar-refractivity contribution < 1.29 is 9.53 Å². The maximum Gasteiger partial charge on any atom is 0.219 e. The van der Waals surface area contributed by atoms with Crippen molar-refractivity contribution in [3.05, 3.63) is 41.2 Å². The van der Waals surface area contributed by atoms with E-state index in [1.807, 2.05) is 36.1 Å². The van der Waals surface area contributed by atoms with Crippen molar-refractivity contribution in [1.82, 2.24) is 15.2 Å². The van der Waals surface area contributed by atoms with Gasteiger partial charge in [-0.05, 0) is 38.6 Å². The fourth-order valence-corrected chi connectivity index (χ4v) is 4.33. The van der Waals surface area contributed by atoms with Gasteiger partial charge in [0.15, 0.2) is 0 Å². The molecule has 1 amide bonds. The van der Waals surface area contributed by atoms with Crippen LogP contribution in [0.3, 0.4) is 0 Å². The second-order valence-corrected chi connectivity index (χ2v) is 7.74. The summed E-state index contributed by atoms with van der Waals surface area (Å²) in [5, 5.41) is 4.51. The van der Waals surface area contributed by atoms with Gasteiger partial charge in [0.2, 0.25) is 5.91 Å². The van der Waals surface area contributed by atoms with Crippen molar-refractivity contribution in [2.45, 2.75) is 32.7 Å². The third-order valence-electron chi connectivity index (χ3n) is 4.92. The van der Waals surface area contributed by atoms with E-state index in [2.05, 4.69) is 17.0 Å². The Balaban J connectivity index is 1.81. The number of carbonyl (C=O) groups excluding carboxylic acids is 1. The Hall–Kier alpha value is -2.67. The van der Waals surface area contributed by atoms with Crippen LogP contribution in [0, 0.1) is 0 Å². The van der Waals surface area contributed by atoms with Crippen molar-refractivity contribution in [2.24, 2.45) is 4.99 Å². The zero-order valence-electron chi connectivity index (χ0n) is 16.6. The summed E-state index contributed by atoms with van der Waals surface area (Å²) in [5.41, 5.74) is 2.81. The summed E-state index contributed by atoms with van der Waals surface area (Å²) < 4.78 is 6.40. The fourth-order valence-electron chi connectivity index (χ4n) is 3.36. The molecule has 1 aromatic carbocycles. The number of nitrogens with one attached hydrogen (secondary N) is 1. The highest BCUT2D eigenvalue weighted by atomic mass is 32.1. The molecule has 148 valence electrons. The minimum atomic E-state index is 0.144. The molecule has 3 rings (SSSR count). The lowest BCUT2D eigenvalue weighted by molar-refractivity contribution is -0.129. The maximum absolute atomic E-state index is 11.5. The first-order valence-corrected chi connectivity index (χ1v) is 10.2. The lowest BCUT2D eigenvalue weighted by Gasteiger charge is -2.33. The van der Waals surface area contributed by atoms with Gasteiger partial charge in [0.25, 0.3) is 0 Å². The van der Waals surface area contributed by atoms with Gasteiger partial charge in [-0.3, -0.25) is 9.79 Å². The Kier molecular flexibility index (Phi) is 6.46. The number of carbonyl (C=O) groups is 1. The molecule has 1 aromatic heterocycles. The molecule has 0 aliphatic carbocycles. The molecule has 28 heavy (non-hydrogen) atoms. The average Bonchev–Trinajstić information content (AvgIpc) is 3.13. The van der Waals surface area contributed by atoms with Crippen LogP contribution in [0.25, 0.3) is 15.8 Å². The van der Waals surface area contributed by atoms with Crippen molar-refractivity contribution in [3.63, 3.8) is 0 Å². The molecule has 1 aliphatic rings. The number of fused-ring (bicyclic) bond motifs is 1. The molecule has 0 radical (unpaired) electrons. The molecule has 6 nitrogen and oxygen atoms in total. The van der Waals surface area contributed by atoms with Crippen LogP contribution in [0.5, 0.6) is 5.75 Å².